The van der Waals surface area contributed by atoms with Crippen molar-refractivity contribution in [1.29, 1.82) is 0 Å². The number of carbonyl (C=O) groups excluding carboxylic acids is 1. The van der Waals surface area contributed by atoms with Crippen LogP contribution in [-0.2, 0) is 20.1 Å². The summed E-state index contributed by atoms with van der Waals surface area (Å²) in [6.45, 7) is 6.59. The molecule has 2 aromatic rings. The normalized spacial score (nSPS) is 17.2. The third-order valence-electron chi connectivity index (χ3n) is 5.06. The monoisotopic (exact) mass is 345 g/mol. The molecule has 2 amide bonds. The van der Waals surface area contributed by atoms with Crippen molar-refractivity contribution in [2.24, 2.45) is 7.05 Å². The minimum absolute atomic E-state index is 0.0846. The molecule has 7 heteroatoms. The van der Waals surface area contributed by atoms with Gasteiger partial charge in [-0.15, -0.1) is 0 Å². The minimum Gasteiger partial charge on any atom is -0.323 e. The Morgan fingerprint density at radius 2 is 2.00 bits per heavy atom. The first kappa shape index (κ1) is 15.4. The molecule has 1 fully saturated rings. The van der Waals surface area contributed by atoms with Crippen LogP contribution in [0.25, 0.3) is 0 Å². The molecule has 24 heavy (non-hydrogen) atoms. The van der Waals surface area contributed by atoms with E-state index in [1.54, 1.807) is 4.68 Å². The molecule has 2 aromatic heterocycles. The molecule has 0 spiro atoms. The summed E-state index contributed by atoms with van der Waals surface area (Å²) in [6.07, 6.45) is 3.91. The molecule has 0 saturated carbocycles. The van der Waals surface area contributed by atoms with Crippen molar-refractivity contribution in [3.8, 4) is 0 Å². The highest BCUT2D eigenvalue weighted by Crippen LogP contribution is 2.33. The van der Waals surface area contributed by atoms with E-state index in [0.717, 1.165) is 35.6 Å². The van der Waals surface area contributed by atoms with Crippen LogP contribution in [0.4, 0.5) is 4.79 Å². The van der Waals surface area contributed by atoms with Gasteiger partial charge < -0.3 is 9.80 Å². The van der Waals surface area contributed by atoms with Gasteiger partial charge in [-0.3, -0.25) is 9.67 Å². The lowest BCUT2D eigenvalue weighted by molar-refractivity contribution is 0.113. The molecule has 0 unspecified atom stereocenters. The van der Waals surface area contributed by atoms with Crippen molar-refractivity contribution in [2.45, 2.75) is 32.9 Å². The molecule has 2 aliphatic heterocycles. The van der Waals surface area contributed by atoms with E-state index in [0.29, 0.717) is 24.0 Å². The largest absolute Gasteiger partial charge is 0.323 e. The molecule has 4 rings (SSSR count). The quantitative estimate of drug-likeness (QED) is 0.798. The van der Waals surface area contributed by atoms with Crippen LogP contribution in [0.2, 0.25) is 5.02 Å². The molecule has 0 bridgehead atoms. The predicted octanol–water partition coefficient (Wildman–Crippen LogP) is 2.62. The predicted molar refractivity (Wildman–Crippen MR) is 90.9 cm³/mol. The Labute approximate surface area is 146 Å². The lowest BCUT2D eigenvalue weighted by atomic mass is 9.94. The molecule has 6 nitrogen and oxygen atoms in total. The maximum absolute atomic E-state index is 12.7. The van der Waals surface area contributed by atoms with Gasteiger partial charge in [-0.1, -0.05) is 11.6 Å². The molecule has 0 N–H and O–H groups in total. The standard InChI is InChI=1S/C17H20ClN5O/c1-10-14-8-23(9-15(14)20-11(2)16(10)18)17(24)22-6-13(7-22)12-4-19-21(3)5-12/h4-5,13H,6-9H2,1-3H3. The van der Waals surface area contributed by atoms with E-state index in [1.165, 1.54) is 5.56 Å². The van der Waals surface area contributed by atoms with Crippen LogP contribution in [0.1, 0.15) is 34.0 Å². The van der Waals surface area contributed by atoms with Crippen molar-refractivity contribution in [3.63, 3.8) is 0 Å². The highest BCUT2D eigenvalue weighted by molar-refractivity contribution is 6.32. The van der Waals surface area contributed by atoms with E-state index < -0.39 is 0 Å². The summed E-state index contributed by atoms with van der Waals surface area (Å²) < 4.78 is 1.80. The molecule has 0 aliphatic carbocycles. The number of urea groups is 1. The van der Waals surface area contributed by atoms with Gasteiger partial charge in [0, 0.05) is 32.3 Å². The molecule has 2 aliphatic rings. The van der Waals surface area contributed by atoms with Gasteiger partial charge in [-0.2, -0.15) is 5.10 Å². The van der Waals surface area contributed by atoms with Crippen LogP contribution in [0.15, 0.2) is 12.4 Å². The minimum atomic E-state index is 0.0846. The number of fused-ring (bicyclic) bond motifs is 1. The molecular weight excluding hydrogens is 326 g/mol. The third kappa shape index (κ3) is 2.36. The number of likely N-dealkylation sites (tertiary alicyclic amines) is 1. The number of aromatic nitrogens is 3. The van der Waals surface area contributed by atoms with E-state index in [4.69, 9.17) is 11.6 Å². The average Bonchev–Trinajstić information content (AvgIpc) is 3.10. The maximum atomic E-state index is 12.7. The Balaban J connectivity index is 1.43. The van der Waals surface area contributed by atoms with Crippen molar-refractivity contribution in [2.75, 3.05) is 13.1 Å². The first-order valence-electron chi connectivity index (χ1n) is 8.11. The SMILES string of the molecule is Cc1nc2c(c(C)c1Cl)CN(C(=O)N1CC(c3cnn(C)c3)C1)C2. The molecule has 1 saturated heterocycles. The van der Waals surface area contributed by atoms with E-state index in [2.05, 4.69) is 10.1 Å². The second kappa shape index (κ2) is 5.48. The highest BCUT2D eigenvalue weighted by atomic mass is 35.5. The summed E-state index contributed by atoms with van der Waals surface area (Å²) in [5, 5.41) is 4.91. The topological polar surface area (TPSA) is 54.3 Å². The van der Waals surface area contributed by atoms with Gasteiger partial charge in [0.25, 0.3) is 0 Å². The summed E-state index contributed by atoms with van der Waals surface area (Å²) in [4.78, 5) is 21.0. The number of carbonyl (C=O) groups is 1. The van der Waals surface area contributed by atoms with Crippen molar-refractivity contribution in [3.05, 3.63) is 45.5 Å². The Morgan fingerprint density at radius 3 is 2.67 bits per heavy atom. The number of halogens is 1. The summed E-state index contributed by atoms with van der Waals surface area (Å²) in [7, 11) is 1.91. The van der Waals surface area contributed by atoms with Gasteiger partial charge in [0.15, 0.2) is 0 Å². The smallest absolute Gasteiger partial charge is 0.320 e. The van der Waals surface area contributed by atoms with E-state index in [1.807, 2.05) is 43.1 Å². The fourth-order valence-corrected chi connectivity index (χ4v) is 3.70. The average molecular weight is 346 g/mol. The zero-order chi connectivity index (χ0) is 17.0. The van der Waals surface area contributed by atoms with E-state index in [9.17, 15) is 4.79 Å². The number of pyridine rings is 1. The Kier molecular flexibility index (Phi) is 3.53. The second-order valence-corrected chi connectivity index (χ2v) is 7.13. The lowest BCUT2D eigenvalue weighted by Gasteiger charge is -2.40. The molecule has 0 aromatic carbocycles. The van der Waals surface area contributed by atoms with Crippen LogP contribution in [0, 0.1) is 13.8 Å². The number of aryl methyl sites for hydroxylation is 2. The summed E-state index contributed by atoms with van der Waals surface area (Å²) >= 11 is 6.29. The van der Waals surface area contributed by atoms with Gasteiger partial charge in [0.05, 0.1) is 35.7 Å². The fourth-order valence-electron chi connectivity index (χ4n) is 3.54. The van der Waals surface area contributed by atoms with Crippen molar-refractivity contribution < 1.29 is 4.79 Å². The summed E-state index contributed by atoms with van der Waals surface area (Å²) in [5.74, 6) is 0.393. The Bertz CT molecular complexity index is 825. The van der Waals surface area contributed by atoms with E-state index >= 15 is 0 Å². The van der Waals surface area contributed by atoms with Crippen LogP contribution < -0.4 is 0 Å². The number of rotatable bonds is 1. The van der Waals surface area contributed by atoms with Crippen molar-refractivity contribution in [1.82, 2.24) is 24.6 Å². The highest BCUT2D eigenvalue weighted by Gasteiger charge is 2.37. The summed E-state index contributed by atoms with van der Waals surface area (Å²) in [5.41, 5.74) is 5.16. The number of amides is 2. The van der Waals surface area contributed by atoms with Gasteiger partial charge >= 0.3 is 6.03 Å². The molecule has 0 radical (unpaired) electrons. The number of hydrogen-bond donors (Lipinski definition) is 0. The summed E-state index contributed by atoms with van der Waals surface area (Å²) in [6, 6.07) is 0.0846. The number of nitrogens with zero attached hydrogens (tertiary/aromatic N) is 5. The van der Waals surface area contributed by atoms with Gasteiger partial charge in [-0.05, 0) is 30.5 Å². The zero-order valence-electron chi connectivity index (χ0n) is 14.1. The van der Waals surface area contributed by atoms with Gasteiger partial charge in [0.1, 0.15) is 0 Å². The zero-order valence-corrected chi connectivity index (χ0v) is 14.8. The van der Waals surface area contributed by atoms with E-state index in [-0.39, 0.29) is 6.03 Å². The van der Waals surface area contributed by atoms with Gasteiger partial charge in [0.2, 0.25) is 0 Å². The molecular formula is C17H20ClN5O. The third-order valence-corrected chi connectivity index (χ3v) is 5.62. The Morgan fingerprint density at radius 1 is 1.25 bits per heavy atom. The van der Waals surface area contributed by atoms with Crippen LogP contribution in [-0.4, -0.2) is 43.7 Å². The van der Waals surface area contributed by atoms with Crippen molar-refractivity contribution >= 4 is 17.6 Å². The van der Waals surface area contributed by atoms with Crippen LogP contribution >= 0.6 is 11.6 Å². The fraction of sp³-hybridized carbons (Fsp3) is 0.471. The molecule has 4 heterocycles. The van der Waals surface area contributed by atoms with Crippen LogP contribution in [0.5, 0.6) is 0 Å². The lowest BCUT2D eigenvalue weighted by Crippen LogP contribution is -2.52. The van der Waals surface area contributed by atoms with Crippen LogP contribution in [0.3, 0.4) is 0 Å². The molecule has 0 atom stereocenters. The Hall–Kier alpha value is -2.08. The maximum Gasteiger partial charge on any atom is 0.320 e. The molecule has 126 valence electrons. The first-order chi connectivity index (χ1) is 11.4. The number of hydrogen-bond acceptors (Lipinski definition) is 3. The second-order valence-electron chi connectivity index (χ2n) is 6.75. The van der Waals surface area contributed by atoms with Gasteiger partial charge in [-0.25, -0.2) is 4.79 Å². The first-order valence-corrected chi connectivity index (χ1v) is 8.48.